The first-order chi connectivity index (χ1) is 10.8. The lowest BCUT2D eigenvalue weighted by Gasteiger charge is -2.19. The van der Waals surface area contributed by atoms with E-state index in [1.807, 2.05) is 39.8 Å². The Labute approximate surface area is 139 Å². The Morgan fingerprint density at radius 2 is 1.70 bits per heavy atom. The van der Waals surface area contributed by atoms with Gasteiger partial charge in [0.25, 0.3) is 0 Å². The van der Waals surface area contributed by atoms with Gasteiger partial charge in [0, 0.05) is 25.7 Å². The highest BCUT2D eigenvalue weighted by Gasteiger charge is 2.15. The molecule has 0 aromatic heterocycles. The average Bonchev–Trinajstić information content (AvgIpc) is 2.48. The predicted molar refractivity (Wildman–Crippen MR) is 92.3 cm³/mol. The van der Waals surface area contributed by atoms with Gasteiger partial charge in [0.1, 0.15) is 5.60 Å². The van der Waals surface area contributed by atoms with Crippen LogP contribution < -0.4 is 10.6 Å². The third-order valence-corrected chi connectivity index (χ3v) is 3.09. The lowest BCUT2D eigenvalue weighted by atomic mass is 10.1. The number of alkyl carbamates (subject to hydrolysis) is 1. The van der Waals surface area contributed by atoms with E-state index < -0.39 is 11.7 Å². The molecular formula is C18H30N2O3. The Morgan fingerprint density at radius 3 is 2.22 bits per heavy atom. The fourth-order valence-electron chi connectivity index (χ4n) is 1.91. The van der Waals surface area contributed by atoms with Crippen molar-refractivity contribution in [1.29, 1.82) is 0 Å². The molecule has 5 nitrogen and oxygen atoms in total. The minimum absolute atomic E-state index is 0.323. The Bertz CT molecular complexity index is 466. The average molecular weight is 322 g/mol. The van der Waals surface area contributed by atoms with E-state index in [4.69, 9.17) is 9.47 Å². The molecule has 2 N–H and O–H groups in total. The number of nitrogens with one attached hydrogen (secondary N) is 2. The van der Waals surface area contributed by atoms with Gasteiger partial charge < -0.3 is 20.1 Å². The van der Waals surface area contributed by atoms with Crippen molar-refractivity contribution in [3.05, 3.63) is 35.4 Å². The molecule has 0 aliphatic heterocycles. The largest absolute Gasteiger partial charge is 0.444 e. The van der Waals surface area contributed by atoms with Crippen LogP contribution in [0.1, 0.15) is 45.7 Å². The Balaban J connectivity index is 2.34. The molecular weight excluding hydrogens is 292 g/mol. The second kappa shape index (κ2) is 9.53. The van der Waals surface area contributed by atoms with Crippen LogP contribution in [0.15, 0.2) is 24.3 Å². The van der Waals surface area contributed by atoms with E-state index in [1.165, 1.54) is 5.56 Å². The zero-order valence-corrected chi connectivity index (χ0v) is 14.9. The molecule has 1 rings (SSSR count). The summed E-state index contributed by atoms with van der Waals surface area (Å²) in [5.41, 5.74) is 1.77. The monoisotopic (exact) mass is 322 g/mol. The second-order valence-electron chi connectivity index (χ2n) is 6.61. The van der Waals surface area contributed by atoms with Gasteiger partial charge in [-0.2, -0.15) is 0 Å². The van der Waals surface area contributed by atoms with E-state index in [9.17, 15) is 4.79 Å². The van der Waals surface area contributed by atoms with Crippen LogP contribution in [0.3, 0.4) is 0 Å². The van der Waals surface area contributed by atoms with E-state index in [1.54, 1.807) is 0 Å². The quantitative estimate of drug-likeness (QED) is 0.771. The molecule has 0 heterocycles. The summed E-state index contributed by atoms with van der Waals surface area (Å²) in [6.45, 7) is 12.4. The zero-order chi connectivity index (χ0) is 17.3. The first-order valence-electron chi connectivity index (χ1n) is 8.16. The van der Waals surface area contributed by atoms with Crippen LogP contribution in [0.2, 0.25) is 0 Å². The molecule has 1 aromatic carbocycles. The van der Waals surface area contributed by atoms with Gasteiger partial charge in [0.2, 0.25) is 0 Å². The first-order valence-corrected chi connectivity index (χ1v) is 8.16. The van der Waals surface area contributed by atoms with Crippen molar-refractivity contribution >= 4 is 6.09 Å². The van der Waals surface area contributed by atoms with E-state index in [-0.39, 0.29) is 0 Å². The van der Waals surface area contributed by atoms with Crippen LogP contribution in [0.5, 0.6) is 0 Å². The number of amides is 1. The SMILES string of the molecule is CCOCC(C)NCc1ccc(CNC(=O)OC(C)(C)C)cc1. The maximum absolute atomic E-state index is 11.6. The van der Waals surface area contributed by atoms with Gasteiger partial charge in [-0.1, -0.05) is 24.3 Å². The molecule has 0 saturated carbocycles. The maximum atomic E-state index is 11.6. The molecule has 23 heavy (non-hydrogen) atoms. The molecule has 5 heteroatoms. The third-order valence-electron chi connectivity index (χ3n) is 3.09. The molecule has 0 radical (unpaired) electrons. The third kappa shape index (κ3) is 9.21. The standard InChI is InChI=1S/C18H30N2O3/c1-6-22-13-14(2)19-11-15-7-9-16(10-8-15)12-20-17(21)23-18(3,4)5/h7-10,14,19H,6,11-13H2,1-5H3,(H,20,21). The topological polar surface area (TPSA) is 59.6 Å². The van der Waals surface area contributed by atoms with Gasteiger partial charge in [-0.15, -0.1) is 0 Å². The molecule has 1 amide bonds. The number of benzene rings is 1. The summed E-state index contributed by atoms with van der Waals surface area (Å²) >= 11 is 0. The summed E-state index contributed by atoms with van der Waals surface area (Å²) < 4.78 is 10.6. The minimum atomic E-state index is -0.474. The van der Waals surface area contributed by atoms with Gasteiger partial charge >= 0.3 is 6.09 Å². The molecule has 1 atom stereocenters. The zero-order valence-electron chi connectivity index (χ0n) is 14.9. The Morgan fingerprint density at radius 1 is 1.13 bits per heavy atom. The van der Waals surface area contributed by atoms with Crippen molar-refractivity contribution in [1.82, 2.24) is 10.6 Å². The number of carbonyl (C=O) groups excluding carboxylic acids is 1. The van der Waals surface area contributed by atoms with Crippen molar-refractivity contribution in [2.24, 2.45) is 0 Å². The summed E-state index contributed by atoms with van der Waals surface area (Å²) in [7, 11) is 0. The van der Waals surface area contributed by atoms with Crippen molar-refractivity contribution < 1.29 is 14.3 Å². The highest BCUT2D eigenvalue weighted by atomic mass is 16.6. The van der Waals surface area contributed by atoms with E-state index in [0.717, 1.165) is 18.7 Å². The summed E-state index contributed by atoms with van der Waals surface area (Å²) in [6.07, 6.45) is -0.395. The van der Waals surface area contributed by atoms with E-state index >= 15 is 0 Å². The van der Waals surface area contributed by atoms with Crippen molar-refractivity contribution in [3.63, 3.8) is 0 Å². The molecule has 0 saturated heterocycles. The van der Waals surface area contributed by atoms with Gasteiger partial charge in [0.05, 0.1) is 6.61 Å². The maximum Gasteiger partial charge on any atom is 0.407 e. The molecule has 0 aliphatic carbocycles. The Hall–Kier alpha value is -1.59. The fraction of sp³-hybridized carbons (Fsp3) is 0.611. The highest BCUT2D eigenvalue weighted by molar-refractivity contribution is 5.67. The van der Waals surface area contributed by atoms with Crippen LogP contribution in [-0.2, 0) is 22.6 Å². The van der Waals surface area contributed by atoms with Crippen LogP contribution in [-0.4, -0.2) is 30.9 Å². The van der Waals surface area contributed by atoms with Crippen LogP contribution >= 0.6 is 0 Å². The van der Waals surface area contributed by atoms with Crippen molar-refractivity contribution in [3.8, 4) is 0 Å². The lowest BCUT2D eigenvalue weighted by Crippen LogP contribution is -2.32. The van der Waals surface area contributed by atoms with Crippen LogP contribution in [0.4, 0.5) is 4.79 Å². The molecule has 0 aliphatic rings. The Kier molecular flexibility index (Phi) is 8.06. The van der Waals surface area contributed by atoms with Gasteiger partial charge in [0.15, 0.2) is 0 Å². The fourth-order valence-corrected chi connectivity index (χ4v) is 1.91. The smallest absolute Gasteiger partial charge is 0.407 e. The number of carbonyl (C=O) groups is 1. The normalized spacial score (nSPS) is 12.7. The molecule has 1 unspecified atom stereocenters. The number of rotatable bonds is 8. The van der Waals surface area contributed by atoms with Crippen LogP contribution in [0.25, 0.3) is 0 Å². The van der Waals surface area contributed by atoms with E-state index in [0.29, 0.717) is 19.2 Å². The number of ether oxygens (including phenoxy) is 2. The molecule has 0 fully saturated rings. The molecule has 1 aromatic rings. The first kappa shape index (κ1) is 19.5. The summed E-state index contributed by atoms with van der Waals surface area (Å²) in [6, 6.07) is 8.48. The minimum Gasteiger partial charge on any atom is -0.444 e. The summed E-state index contributed by atoms with van der Waals surface area (Å²) in [5, 5.41) is 6.17. The van der Waals surface area contributed by atoms with Crippen LogP contribution in [0, 0.1) is 0 Å². The number of hydrogen-bond donors (Lipinski definition) is 2. The lowest BCUT2D eigenvalue weighted by molar-refractivity contribution is 0.0523. The van der Waals surface area contributed by atoms with Gasteiger partial charge in [-0.05, 0) is 45.7 Å². The van der Waals surface area contributed by atoms with Crippen molar-refractivity contribution in [2.75, 3.05) is 13.2 Å². The summed E-state index contributed by atoms with van der Waals surface area (Å²) in [5.74, 6) is 0. The second-order valence-corrected chi connectivity index (χ2v) is 6.61. The predicted octanol–water partition coefficient (Wildman–Crippen LogP) is 3.23. The van der Waals surface area contributed by atoms with Crippen molar-refractivity contribution in [2.45, 2.75) is 59.4 Å². The highest BCUT2D eigenvalue weighted by Crippen LogP contribution is 2.08. The van der Waals surface area contributed by atoms with Gasteiger partial charge in [-0.25, -0.2) is 4.79 Å². The van der Waals surface area contributed by atoms with E-state index in [2.05, 4.69) is 29.7 Å². The molecule has 0 bridgehead atoms. The number of hydrogen-bond acceptors (Lipinski definition) is 4. The summed E-state index contributed by atoms with van der Waals surface area (Å²) in [4.78, 5) is 11.6. The van der Waals surface area contributed by atoms with Gasteiger partial charge in [-0.3, -0.25) is 0 Å². The molecule has 0 spiro atoms. The molecule has 130 valence electrons.